The van der Waals surface area contributed by atoms with Crippen molar-refractivity contribution >= 4 is 34.8 Å². The van der Waals surface area contributed by atoms with Crippen LogP contribution >= 0.6 is 11.3 Å². The molecule has 1 atom stereocenters. The van der Waals surface area contributed by atoms with Gasteiger partial charge in [-0.3, -0.25) is 9.59 Å². The highest BCUT2D eigenvalue weighted by molar-refractivity contribution is 7.12. The molecule has 2 aromatic carbocycles. The van der Waals surface area contributed by atoms with Gasteiger partial charge in [0.05, 0.1) is 17.0 Å². The van der Waals surface area contributed by atoms with Gasteiger partial charge in [0.2, 0.25) is 0 Å². The molecule has 164 valence electrons. The number of para-hydroxylation sites is 2. The Labute approximate surface area is 188 Å². The van der Waals surface area contributed by atoms with Crippen molar-refractivity contribution in [2.75, 3.05) is 25.1 Å². The normalized spacial score (nSPS) is 14.3. The summed E-state index contributed by atoms with van der Waals surface area (Å²) in [6.07, 6.45) is -0.340. The van der Waals surface area contributed by atoms with Crippen LogP contribution < -0.4 is 20.1 Å². The van der Waals surface area contributed by atoms with Gasteiger partial charge in [0.25, 0.3) is 11.8 Å². The molecule has 1 aromatic heterocycles. The van der Waals surface area contributed by atoms with Crippen LogP contribution in [0.2, 0.25) is 0 Å². The summed E-state index contributed by atoms with van der Waals surface area (Å²) in [4.78, 5) is 37.1. The maximum absolute atomic E-state index is 12.3. The fraction of sp³-hybridized carbons (Fsp3) is 0.174. The van der Waals surface area contributed by atoms with Crippen LogP contribution in [0.4, 0.5) is 5.69 Å². The number of ether oxygens (including phenoxy) is 3. The van der Waals surface area contributed by atoms with Gasteiger partial charge in [0.15, 0.2) is 18.1 Å². The van der Waals surface area contributed by atoms with Crippen LogP contribution in [0.25, 0.3) is 0 Å². The molecular formula is C23H20N2O6S. The van der Waals surface area contributed by atoms with E-state index in [1.807, 2.05) is 18.2 Å². The largest absolute Gasteiger partial charge is 0.486 e. The lowest BCUT2D eigenvalue weighted by Gasteiger charge is -2.26. The van der Waals surface area contributed by atoms with Gasteiger partial charge in [-0.25, -0.2) is 4.79 Å². The van der Waals surface area contributed by atoms with Crippen LogP contribution in [-0.4, -0.2) is 43.6 Å². The molecule has 32 heavy (non-hydrogen) atoms. The average molecular weight is 452 g/mol. The van der Waals surface area contributed by atoms with E-state index in [2.05, 4.69) is 10.6 Å². The standard InChI is InChI=1S/C23H20N2O6S/c26-21(24-12-17-13-29-18-7-1-2-8-19(18)31-17)14-30-23(28)15-5-3-6-16(11-15)25-22(27)20-9-4-10-32-20/h1-11,17H,12-14H2,(H,24,26)(H,25,27). The topological polar surface area (TPSA) is 103 Å². The summed E-state index contributed by atoms with van der Waals surface area (Å²) in [5.74, 6) is -0.101. The van der Waals surface area contributed by atoms with E-state index in [0.717, 1.165) is 0 Å². The van der Waals surface area contributed by atoms with Gasteiger partial charge >= 0.3 is 5.97 Å². The molecule has 0 saturated carbocycles. The van der Waals surface area contributed by atoms with E-state index >= 15 is 0 Å². The van der Waals surface area contributed by atoms with Crippen LogP contribution in [-0.2, 0) is 9.53 Å². The molecule has 2 N–H and O–H groups in total. The van der Waals surface area contributed by atoms with Crippen LogP contribution in [0.5, 0.6) is 11.5 Å². The summed E-state index contributed by atoms with van der Waals surface area (Å²) in [7, 11) is 0. The lowest BCUT2D eigenvalue weighted by Crippen LogP contribution is -2.42. The van der Waals surface area contributed by atoms with Crippen LogP contribution in [0, 0.1) is 0 Å². The first-order valence-electron chi connectivity index (χ1n) is 9.86. The first-order valence-corrected chi connectivity index (χ1v) is 10.7. The van der Waals surface area contributed by atoms with Gasteiger partial charge in [0.1, 0.15) is 12.7 Å². The van der Waals surface area contributed by atoms with Crippen molar-refractivity contribution in [1.29, 1.82) is 0 Å². The molecule has 0 fully saturated rings. The molecule has 1 aliphatic heterocycles. The number of carbonyl (C=O) groups is 3. The SMILES string of the molecule is O=C(COC(=O)c1cccc(NC(=O)c2cccs2)c1)NCC1COc2ccccc2O1. The third-order valence-corrected chi connectivity index (χ3v) is 5.40. The summed E-state index contributed by atoms with van der Waals surface area (Å²) in [6.45, 7) is 0.0881. The summed E-state index contributed by atoms with van der Waals surface area (Å²) in [5, 5.41) is 7.20. The number of thiophene rings is 1. The number of rotatable bonds is 7. The number of fused-ring (bicyclic) bond motifs is 1. The highest BCUT2D eigenvalue weighted by Gasteiger charge is 2.21. The molecule has 0 saturated heterocycles. The zero-order valence-electron chi connectivity index (χ0n) is 16.9. The minimum absolute atomic E-state index is 0.217. The molecular weight excluding hydrogens is 432 g/mol. The lowest BCUT2D eigenvalue weighted by molar-refractivity contribution is -0.124. The molecule has 8 nitrogen and oxygen atoms in total. The molecule has 4 rings (SSSR count). The van der Waals surface area contributed by atoms with Gasteiger partial charge < -0.3 is 24.8 Å². The van der Waals surface area contributed by atoms with Crippen molar-refractivity contribution in [3.63, 3.8) is 0 Å². The first kappa shape index (κ1) is 21.4. The van der Waals surface area contributed by atoms with Crippen LogP contribution in [0.15, 0.2) is 66.0 Å². The second kappa shape index (κ2) is 9.97. The molecule has 0 bridgehead atoms. The monoisotopic (exact) mass is 452 g/mol. The van der Waals surface area contributed by atoms with Crippen molar-refractivity contribution < 1.29 is 28.6 Å². The van der Waals surface area contributed by atoms with Crippen LogP contribution in [0.1, 0.15) is 20.0 Å². The van der Waals surface area contributed by atoms with E-state index in [1.54, 1.807) is 41.8 Å². The molecule has 1 unspecified atom stereocenters. The molecule has 0 radical (unpaired) electrons. The maximum Gasteiger partial charge on any atom is 0.338 e. The van der Waals surface area contributed by atoms with Crippen molar-refractivity contribution in [2.45, 2.75) is 6.10 Å². The van der Waals surface area contributed by atoms with Crippen molar-refractivity contribution in [1.82, 2.24) is 5.32 Å². The number of carbonyl (C=O) groups excluding carboxylic acids is 3. The van der Waals surface area contributed by atoms with Gasteiger partial charge in [-0.05, 0) is 41.8 Å². The Morgan fingerprint density at radius 1 is 1.03 bits per heavy atom. The second-order valence-electron chi connectivity index (χ2n) is 6.89. The Kier molecular flexibility index (Phi) is 6.66. The van der Waals surface area contributed by atoms with E-state index in [-0.39, 0.29) is 24.1 Å². The minimum Gasteiger partial charge on any atom is -0.486 e. The molecule has 2 heterocycles. The molecule has 9 heteroatoms. The van der Waals surface area contributed by atoms with E-state index < -0.39 is 18.5 Å². The van der Waals surface area contributed by atoms with Crippen LogP contribution in [0.3, 0.4) is 0 Å². The summed E-state index contributed by atoms with van der Waals surface area (Å²) < 4.78 is 16.4. The Bertz CT molecular complexity index is 1120. The fourth-order valence-corrected chi connectivity index (χ4v) is 3.60. The molecule has 2 amide bonds. The third kappa shape index (κ3) is 5.44. The average Bonchev–Trinajstić information content (AvgIpc) is 3.36. The molecule has 0 aliphatic carbocycles. The van der Waals surface area contributed by atoms with Gasteiger partial charge in [0, 0.05) is 5.69 Å². The van der Waals surface area contributed by atoms with Gasteiger partial charge in [-0.15, -0.1) is 11.3 Å². The Balaban J connectivity index is 1.23. The Morgan fingerprint density at radius 3 is 2.69 bits per heavy atom. The first-order chi connectivity index (χ1) is 15.6. The number of benzene rings is 2. The zero-order chi connectivity index (χ0) is 22.3. The highest BCUT2D eigenvalue weighted by atomic mass is 32.1. The van der Waals surface area contributed by atoms with Crippen molar-refractivity contribution in [2.24, 2.45) is 0 Å². The van der Waals surface area contributed by atoms with E-state index in [0.29, 0.717) is 28.7 Å². The smallest absolute Gasteiger partial charge is 0.338 e. The summed E-state index contributed by atoms with van der Waals surface area (Å²) in [5.41, 5.74) is 0.680. The Hall–Kier alpha value is -3.85. The summed E-state index contributed by atoms with van der Waals surface area (Å²) in [6, 6.07) is 17.1. The number of hydrogen-bond acceptors (Lipinski definition) is 7. The van der Waals surface area contributed by atoms with Crippen molar-refractivity contribution in [3.05, 3.63) is 76.5 Å². The number of anilines is 1. The van der Waals surface area contributed by atoms with E-state index in [4.69, 9.17) is 14.2 Å². The van der Waals surface area contributed by atoms with Gasteiger partial charge in [-0.1, -0.05) is 24.3 Å². The van der Waals surface area contributed by atoms with E-state index in [1.165, 1.54) is 17.4 Å². The second-order valence-corrected chi connectivity index (χ2v) is 7.84. The molecule has 0 spiro atoms. The predicted molar refractivity (Wildman–Crippen MR) is 118 cm³/mol. The molecule has 3 aromatic rings. The number of hydrogen-bond donors (Lipinski definition) is 2. The van der Waals surface area contributed by atoms with E-state index in [9.17, 15) is 14.4 Å². The number of amides is 2. The Morgan fingerprint density at radius 2 is 1.88 bits per heavy atom. The summed E-state index contributed by atoms with van der Waals surface area (Å²) >= 11 is 1.32. The highest BCUT2D eigenvalue weighted by Crippen LogP contribution is 2.30. The van der Waals surface area contributed by atoms with Crippen molar-refractivity contribution in [3.8, 4) is 11.5 Å². The zero-order valence-corrected chi connectivity index (χ0v) is 17.7. The predicted octanol–water partition coefficient (Wildman–Crippen LogP) is 3.11. The number of nitrogens with one attached hydrogen (secondary N) is 2. The molecule has 1 aliphatic rings. The third-order valence-electron chi connectivity index (χ3n) is 4.53. The number of esters is 1. The van der Waals surface area contributed by atoms with Gasteiger partial charge in [-0.2, -0.15) is 0 Å². The quantitative estimate of drug-likeness (QED) is 0.534. The maximum atomic E-state index is 12.3. The fourth-order valence-electron chi connectivity index (χ4n) is 2.98. The lowest BCUT2D eigenvalue weighted by atomic mass is 10.2. The minimum atomic E-state index is -0.668.